The molecule has 0 aliphatic carbocycles. The van der Waals surface area contributed by atoms with Crippen LogP contribution in [0.1, 0.15) is 23.2 Å². The largest absolute Gasteiger partial charge is 0.370 e. The topological polar surface area (TPSA) is 31.0 Å². The van der Waals surface area contributed by atoms with Crippen LogP contribution >= 0.6 is 11.3 Å². The lowest BCUT2D eigenvalue weighted by atomic mass is 10.1. The van der Waals surface area contributed by atoms with Crippen LogP contribution in [0, 0.1) is 20.8 Å². The number of hydrogen-bond acceptors (Lipinski definition) is 3. The van der Waals surface area contributed by atoms with Crippen molar-refractivity contribution < 1.29 is 9.64 Å². The highest BCUT2D eigenvalue weighted by Crippen LogP contribution is 2.22. The van der Waals surface area contributed by atoms with Crippen molar-refractivity contribution in [2.45, 2.75) is 33.7 Å². The molecule has 0 bridgehead atoms. The summed E-state index contributed by atoms with van der Waals surface area (Å²) in [4.78, 5) is 7.76. The molecule has 0 unspecified atom stereocenters. The summed E-state index contributed by atoms with van der Waals surface area (Å²) in [6.45, 7) is 12.8. The molecule has 0 amide bonds. The summed E-state index contributed by atoms with van der Waals surface area (Å²) >= 11 is 1.74. The third kappa shape index (κ3) is 4.15. The number of nitrogens with one attached hydrogen (secondary N) is 1. The number of nitrogens with zero attached hydrogens (tertiary/aromatic N) is 2. The molecule has 4 nitrogen and oxygen atoms in total. The number of ether oxygens (including phenoxy) is 1. The minimum Gasteiger partial charge on any atom is -0.370 e. The molecule has 1 aliphatic heterocycles. The van der Waals surface area contributed by atoms with E-state index in [2.05, 4.69) is 48.9 Å². The second-order valence-electron chi connectivity index (χ2n) is 6.63. The van der Waals surface area contributed by atoms with E-state index in [1.165, 1.54) is 29.8 Å². The Morgan fingerprint density at radius 3 is 2.58 bits per heavy atom. The summed E-state index contributed by atoms with van der Waals surface area (Å²) < 4.78 is 7.81. The minimum atomic E-state index is 0.910. The first-order valence-electron chi connectivity index (χ1n) is 8.82. The molecule has 0 radical (unpaired) electrons. The molecule has 1 aromatic heterocycles. The van der Waals surface area contributed by atoms with Crippen LogP contribution < -0.4 is 9.70 Å². The Balaban J connectivity index is 1.75. The maximum atomic E-state index is 5.44. The molecule has 5 heteroatoms. The zero-order valence-corrected chi connectivity index (χ0v) is 15.8. The Bertz CT molecular complexity index is 721. The lowest BCUT2D eigenvalue weighted by Gasteiger charge is -2.23. The summed E-state index contributed by atoms with van der Waals surface area (Å²) in [5, 5.41) is 2.22. The van der Waals surface area contributed by atoms with Gasteiger partial charge in [0.15, 0.2) is 4.80 Å². The van der Waals surface area contributed by atoms with Crippen LogP contribution in [0.4, 0.5) is 5.69 Å². The zero-order valence-electron chi connectivity index (χ0n) is 15.0. The number of thiazole rings is 1. The monoisotopic (exact) mass is 346 g/mol. The molecule has 1 N–H and O–H groups in total. The number of aryl methyl sites for hydroxylation is 3. The van der Waals surface area contributed by atoms with Crippen molar-refractivity contribution in [2.24, 2.45) is 4.99 Å². The molecule has 1 fully saturated rings. The van der Waals surface area contributed by atoms with Crippen molar-refractivity contribution in [3.8, 4) is 0 Å². The lowest BCUT2D eigenvalue weighted by molar-refractivity contribution is -0.908. The predicted octanol–water partition coefficient (Wildman–Crippen LogP) is 2.01. The fraction of sp³-hybridized carbons (Fsp3) is 0.526. The molecule has 0 saturated carbocycles. The van der Waals surface area contributed by atoms with E-state index in [1.54, 1.807) is 16.2 Å². The smallest absolute Gasteiger partial charge is 0.190 e. The van der Waals surface area contributed by atoms with Gasteiger partial charge in [-0.15, -0.1) is 11.3 Å². The summed E-state index contributed by atoms with van der Waals surface area (Å²) in [6, 6.07) is 6.37. The number of hydrogen-bond donors (Lipinski definition) is 1. The number of benzene rings is 1. The summed E-state index contributed by atoms with van der Waals surface area (Å²) in [5.74, 6) is 0. The van der Waals surface area contributed by atoms with Gasteiger partial charge in [-0.25, -0.2) is 4.99 Å². The van der Waals surface area contributed by atoms with Gasteiger partial charge in [0.25, 0.3) is 0 Å². The number of para-hydroxylation sites is 1. The van der Waals surface area contributed by atoms with Gasteiger partial charge in [-0.05, 0) is 31.9 Å². The van der Waals surface area contributed by atoms with E-state index in [0.717, 1.165) is 43.3 Å². The number of quaternary nitrogens is 1. The Kier molecular flexibility index (Phi) is 5.87. The van der Waals surface area contributed by atoms with Gasteiger partial charge in [0.05, 0.1) is 25.4 Å². The van der Waals surface area contributed by atoms with Crippen LogP contribution in [0.15, 0.2) is 28.6 Å². The van der Waals surface area contributed by atoms with E-state index in [-0.39, 0.29) is 0 Å². The first-order valence-corrected chi connectivity index (χ1v) is 9.70. The van der Waals surface area contributed by atoms with E-state index < -0.39 is 0 Å². The van der Waals surface area contributed by atoms with Crippen molar-refractivity contribution in [3.05, 3.63) is 45.2 Å². The summed E-state index contributed by atoms with van der Waals surface area (Å²) in [6.07, 6.45) is 1.19. The molecular weight excluding hydrogens is 318 g/mol. The number of aromatic nitrogens is 1. The Morgan fingerprint density at radius 2 is 1.88 bits per heavy atom. The molecule has 0 spiro atoms. The fourth-order valence-electron chi connectivity index (χ4n) is 3.25. The summed E-state index contributed by atoms with van der Waals surface area (Å²) in [5.41, 5.74) is 4.91. The molecule has 3 rings (SSSR count). The molecule has 24 heavy (non-hydrogen) atoms. The molecule has 1 aliphatic rings. The normalized spacial score (nSPS) is 16.7. The quantitative estimate of drug-likeness (QED) is 0.882. The van der Waals surface area contributed by atoms with Gasteiger partial charge in [0, 0.05) is 24.0 Å². The van der Waals surface area contributed by atoms with Crippen LogP contribution in [-0.2, 0) is 11.3 Å². The van der Waals surface area contributed by atoms with Crippen LogP contribution in [0.2, 0.25) is 0 Å². The van der Waals surface area contributed by atoms with Crippen molar-refractivity contribution in [1.82, 2.24) is 4.57 Å². The van der Waals surface area contributed by atoms with Crippen LogP contribution in [0.5, 0.6) is 0 Å². The highest BCUT2D eigenvalue weighted by molar-refractivity contribution is 7.07. The number of rotatable bonds is 5. The van der Waals surface area contributed by atoms with E-state index in [9.17, 15) is 0 Å². The van der Waals surface area contributed by atoms with Crippen molar-refractivity contribution in [2.75, 3.05) is 32.8 Å². The average molecular weight is 347 g/mol. The van der Waals surface area contributed by atoms with Crippen LogP contribution in [-0.4, -0.2) is 37.4 Å². The average Bonchev–Trinajstić information content (AvgIpc) is 2.92. The maximum absolute atomic E-state index is 5.44. The third-order valence-corrected chi connectivity index (χ3v) is 5.73. The van der Waals surface area contributed by atoms with Gasteiger partial charge in [-0.3, -0.25) is 0 Å². The van der Waals surface area contributed by atoms with E-state index in [1.807, 2.05) is 0 Å². The predicted molar refractivity (Wildman–Crippen MR) is 99.2 cm³/mol. The minimum absolute atomic E-state index is 0.910. The number of morpholine rings is 1. The van der Waals surface area contributed by atoms with Gasteiger partial charge in [-0.2, -0.15) is 0 Å². The van der Waals surface area contributed by atoms with Gasteiger partial charge in [0.1, 0.15) is 13.1 Å². The lowest BCUT2D eigenvalue weighted by Crippen LogP contribution is -3.14. The Labute approximate surface area is 148 Å². The molecule has 2 heterocycles. The second-order valence-corrected chi connectivity index (χ2v) is 7.47. The third-order valence-electron chi connectivity index (χ3n) is 4.75. The van der Waals surface area contributed by atoms with E-state index in [0.29, 0.717) is 0 Å². The Hall–Kier alpha value is -1.43. The van der Waals surface area contributed by atoms with E-state index >= 15 is 0 Å². The standard InChI is InChI=1S/C19H27N3OS/c1-15-6-4-7-16(2)18(15)20-19-22(17(3)14-24-19)9-5-8-21-10-12-23-13-11-21/h4,6-7,14H,5,8-13H2,1-3H3/p+1. The molecular formula is C19H28N3OS+. The first-order chi connectivity index (χ1) is 11.6. The highest BCUT2D eigenvalue weighted by Gasteiger charge is 2.13. The van der Waals surface area contributed by atoms with Crippen molar-refractivity contribution in [1.29, 1.82) is 0 Å². The molecule has 130 valence electrons. The van der Waals surface area contributed by atoms with Gasteiger partial charge < -0.3 is 14.2 Å². The SMILES string of the molecule is Cc1cccc(C)c1N=c1scc(C)n1CCC[NH+]1CCOCC1. The maximum Gasteiger partial charge on any atom is 0.190 e. The zero-order chi connectivity index (χ0) is 16.9. The van der Waals surface area contributed by atoms with Crippen LogP contribution in [0.3, 0.4) is 0 Å². The summed E-state index contributed by atoms with van der Waals surface area (Å²) in [7, 11) is 0. The van der Waals surface area contributed by atoms with Gasteiger partial charge in [-0.1, -0.05) is 18.2 Å². The first kappa shape index (κ1) is 17.4. The van der Waals surface area contributed by atoms with Gasteiger partial charge >= 0.3 is 0 Å². The molecule has 0 atom stereocenters. The second kappa shape index (κ2) is 8.10. The van der Waals surface area contributed by atoms with Crippen molar-refractivity contribution >= 4 is 17.0 Å². The van der Waals surface area contributed by atoms with Gasteiger partial charge in [0.2, 0.25) is 0 Å². The highest BCUT2D eigenvalue weighted by atomic mass is 32.1. The van der Waals surface area contributed by atoms with Crippen molar-refractivity contribution in [3.63, 3.8) is 0 Å². The molecule has 1 saturated heterocycles. The van der Waals surface area contributed by atoms with E-state index in [4.69, 9.17) is 9.73 Å². The Morgan fingerprint density at radius 1 is 1.17 bits per heavy atom. The molecule has 1 aromatic carbocycles. The fourth-order valence-corrected chi connectivity index (χ4v) is 4.16. The molecule has 2 aromatic rings. The van der Waals surface area contributed by atoms with Crippen LogP contribution in [0.25, 0.3) is 0 Å².